The first kappa shape index (κ1) is 24.2. The van der Waals surface area contributed by atoms with E-state index in [-0.39, 0.29) is 16.9 Å². The quantitative estimate of drug-likeness (QED) is 0.345. The van der Waals surface area contributed by atoms with Crippen molar-refractivity contribution in [2.75, 3.05) is 36.4 Å². The lowest BCUT2D eigenvalue weighted by Crippen LogP contribution is -2.48. The molecular formula is C26H25IN4O2S. The van der Waals surface area contributed by atoms with Crippen LogP contribution in [0.4, 0.5) is 11.4 Å². The predicted molar refractivity (Wildman–Crippen MR) is 149 cm³/mol. The molecule has 34 heavy (non-hydrogen) atoms. The minimum atomic E-state index is -0.245. The van der Waals surface area contributed by atoms with Crippen LogP contribution in [0.25, 0.3) is 0 Å². The number of piperazine rings is 1. The predicted octanol–water partition coefficient (Wildman–Crippen LogP) is 4.69. The van der Waals surface area contributed by atoms with E-state index in [2.05, 4.69) is 38.1 Å². The summed E-state index contributed by atoms with van der Waals surface area (Å²) < 4.78 is 0.986. The van der Waals surface area contributed by atoms with Gasteiger partial charge in [0, 0.05) is 52.3 Å². The van der Waals surface area contributed by atoms with Crippen molar-refractivity contribution in [3.63, 3.8) is 0 Å². The molecule has 6 nitrogen and oxygen atoms in total. The van der Waals surface area contributed by atoms with Crippen LogP contribution >= 0.6 is 34.8 Å². The monoisotopic (exact) mass is 584 g/mol. The number of aryl methyl sites for hydroxylation is 1. The third-order valence-corrected chi connectivity index (χ3v) is 6.54. The van der Waals surface area contributed by atoms with Crippen LogP contribution in [-0.4, -0.2) is 48.0 Å². The molecule has 0 atom stereocenters. The molecule has 4 rings (SSSR count). The highest BCUT2D eigenvalue weighted by Gasteiger charge is 2.22. The Hall–Kier alpha value is -2.98. The van der Waals surface area contributed by atoms with Gasteiger partial charge < -0.3 is 15.1 Å². The highest BCUT2D eigenvalue weighted by molar-refractivity contribution is 14.1. The molecule has 3 aromatic rings. The van der Waals surface area contributed by atoms with Gasteiger partial charge in [-0.2, -0.15) is 0 Å². The standard InChI is InChI=1S/C26H25IN4O2S/c1-18-5-7-19(8-6-18)25(33)31-15-13-30(14-16-31)23-11-9-22(10-12-23)28-26(34)29-24(32)20-3-2-4-21(27)17-20/h2-12,17H,13-16H2,1H3,(H2,28,29,32,34). The number of nitrogens with one attached hydrogen (secondary N) is 2. The van der Waals surface area contributed by atoms with Gasteiger partial charge in [-0.1, -0.05) is 23.8 Å². The first-order valence-electron chi connectivity index (χ1n) is 11.0. The van der Waals surface area contributed by atoms with E-state index in [1.54, 1.807) is 12.1 Å². The first-order valence-corrected chi connectivity index (χ1v) is 12.5. The molecule has 3 aromatic carbocycles. The molecule has 0 bridgehead atoms. The van der Waals surface area contributed by atoms with Gasteiger partial charge in [0.2, 0.25) is 0 Å². The fourth-order valence-electron chi connectivity index (χ4n) is 3.77. The zero-order valence-electron chi connectivity index (χ0n) is 18.8. The van der Waals surface area contributed by atoms with Gasteiger partial charge in [0.25, 0.3) is 11.8 Å². The van der Waals surface area contributed by atoms with Gasteiger partial charge in [-0.3, -0.25) is 14.9 Å². The number of benzene rings is 3. The summed E-state index contributed by atoms with van der Waals surface area (Å²) in [6, 6.07) is 23.0. The van der Waals surface area contributed by atoms with E-state index in [1.807, 2.05) is 72.5 Å². The Morgan fingerprint density at radius 3 is 2.21 bits per heavy atom. The van der Waals surface area contributed by atoms with Crippen LogP contribution in [0.2, 0.25) is 0 Å². The summed E-state index contributed by atoms with van der Waals surface area (Å²) >= 11 is 7.46. The van der Waals surface area contributed by atoms with Crippen LogP contribution in [-0.2, 0) is 0 Å². The minimum Gasteiger partial charge on any atom is -0.368 e. The Balaban J connectivity index is 1.28. The normalized spacial score (nSPS) is 13.4. The van der Waals surface area contributed by atoms with Crippen molar-refractivity contribution in [2.24, 2.45) is 0 Å². The number of hydrogen-bond acceptors (Lipinski definition) is 4. The molecule has 1 aliphatic heterocycles. The van der Waals surface area contributed by atoms with Crippen molar-refractivity contribution >= 4 is 63.1 Å². The average Bonchev–Trinajstić information content (AvgIpc) is 2.84. The van der Waals surface area contributed by atoms with Crippen molar-refractivity contribution < 1.29 is 9.59 Å². The maximum atomic E-state index is 12.7. The van der Waals surface area contributed by atoms with E-state index in [1.165, 1.54) is 0 Å². The molecule has 0 spiro atoms. The highest BCUT2D eigenvalue weighted by atomic mass is 127. The Bertz CT molecular complexity index is 1190. The van der Waals surface area contributed by atoms with Gasteiger partial charge in [-0.25, -0.2) is 0 Å². The lowest BCUT2D eigenvalue weighted by atomic mass is 10.1. The summed E-state index contributed by atoms with van der Waals surface area (Å²) in [7, 11) is 0. The lowest BCUT2D eigenvalue weighted by molar-refractivity contribution is 0.0746. The zero-order chi connectivity index (χ0) is 24.1. The molecule has 8 heteroatoms. The van der Waals surface area contributed by atoms with Crippen LogP contribution in [0, 0.1) is 10.5 Å². The largest absolute Gasteiger partial charge is 0.368 e. The first-order chi connectivity index (χ1) is 16.4. The second-order valence-electron chi connectivity index (χ2n) is 8.11. The maximum absolute atomic E-state index is 12.7. The Morgan fingerprint density at radius 2 is 1.56 bits per heavy atom. The van der Waals surface area contributed by atoms with E-state index in [9.17, 15) is 9.59 Å². The molecule has 0 radical (unpaired) electrons. The number of nitrogens with zero attached hydrogens (tertiary/aromatic N) is 2. The topological polar surface area (TPSA) is 64.7 Å². The summed E-state index contributed by atoms with van der Waals surface area (Å²) in [6.07, 6.45) is 0. The van der Waals surface area contributed by atoms with Crippen molar-refractivity contribution in [3.8, 4) is 0 Å². The lowest BCUT2D eigenvalue weighted by Gasteiger charge is -2.36. The molecule has 174 valence electrons. The summed E-state index contributed by atoms with van der Waals surface area (Å²) in [5.74, 6) is -0.161. The van der Waals surface area contributed by atoms with Crippen LogP contribution in [0.3, 0.4) is 0 Å². The van der Waals surface area contributed by atoms with E-state index in [4.69, 9.17) is 12.2 Å². The van der Waals surface area contributed by atoms with Gasteiger partial charge in [0.05, 0.1) is 0 Å². The van der Waals surface area contributed by atoms with E-state index < -0.39 is 0 Å². The van der Waals surface area contributed by atoms with Gasteiger partial charge in [0.1, 0.15) is 0 Å². The van der Waals surface area contributed by atoms with E-state index >= 15 is 0 Å². The van der Waals surface area contributed by atoms with Crippen molar-refractivity contribution in [1.82, 2.24) is 10.2 Å². The molecule has 1 saturated heterocycles. The molecular weight excluding hydrogens is 559 g/mol. The van der Waals surface area contributed by atoms with E-state index in [0.717, 1.165) is 39.2 Å². The second kappa shape index (κ2) is 11.0. The molecule has 1 heterocycles. The molecule has 2 amide bonds. The molecule has 0 aromatic heterocycles. The molecule has 0 aliphatic carbocycles. The Kier molecular flexibility index (Phi) is 7.79. The third kappa shape index (κ3) is 6.12. The highest BCUT2D eigenvalue weighted by Crippen LogP contribution is 2.20. The van der Waals surface area contributed by atoms with Crippen LogP contribution in [0.5, 0.6) is 0 Å². The number of amides is 2. The summed E-state index contributed by atoms with van der Waals surface area (Å²) in [5.41, 5.74) is 4.33. The van der Waals surface area contributed by atoms with Crippen molar-refractivity contribution in [3.05, 3.63) is 93.1 Å². The number of thiocarbonyl (C=S) groups is 1. The SMILES string of the molecule is Cc1ccc(C(=O)N2CCN(c3ccc(NC(=S)NC(=O)c4cccc(I)c4)cc3)CC2)cc1. The molecule has 0 saturated carbocycles. The number of carbonyl (C=O) groups excluding carboxylic acids is 2. The molecule has 1 aliphatic rings. The fourth-order valence-corrected chi connectivity index (χ4v) is 4.52. The smallest absolute Gasteiger partial charge is 0.257 e. The van der Waals surface area contributed by atoms with E-state index in [0.29, 0.717) is 18.7 Å². The number of halogens is 1. The van der Waals surface area contributed by atoms with Crippen LogP contribution in [0.1, 0.15) is 26.3 Å². The number of anilines is 2. The molecule has 2 N–H and O–H groups in total. The molecule has 1 fully saturated rings. The summed E-state index contributed by atoms with van der Waals surface area (Å²) in [4.78, 5) is 29.3. The third-order valence-electron chi connectivity index (χ3n) is 5.67. The maximum Gasteiger partial charge on any atom is 0.257 e. The summed E-state index contributed by atoms with van der Waals surface area (Å²) in [6.45, 7) is 4.93. The Labute approximate surface area is 218 Å². The van der Waals surface area contributed by atoms with Crippen molar-refractivity contribution in [2.45, 2.75) is 6.92 Å². The minimum absolute atomic E-state index is 0.0833. The number of rotatable bonds is 4. The Morgan fingerprint density at radius 1 is 0.882 bits per heavy atom. The van der Waals surface area contributed by atoms with Gasteiger partial charge in [-0.15, -0.1) is 0 Å². The van der Waals surface area contributed by atoms with Gasteiger partial charge in [-0.05, 0) is 96.3 Å². The fraction of sp³-hybridized carbons (Fsp3) is 0.192. The van der Waals surface area contributed by atoms with Crippen LogP contribution < -0.4 is 15.5 Å². The molecule has 0 unspecified atom stereocenters. The van der Waals surface area contributed by atoms with Crippen molar-refractivity contribution in [1.29, 1.82) is 0 Å². The average molecular weight is 584 g/mol. The van der Waals surface area contributed by atoms with Gasteiger partial charge in [0.15, 0.2) is 5.11 Å². The number of carbonyl (C=O) groups is 2. The van der Waals surface area contributed by atoms with Crippen LogP contribution in [0.15, 0.2) is 72.8 Å². The second-order valence-corrected chi connectivity index (χ2v) is 9.76. The van der Waals surface area contributed by atoms with Gasteiger partial charge >= 0.3 is 0 Å². The zero-order valence-corrected chi connectivity index (χ0v) is 21.7. The number of hydrogen-bond donors (Lipinski definition) is 2. The summed E-state index contributed by atoms with van der Waals surface area (Å²) in [5, 5.41) is 6.02.